The Hall–Kier alpha value is -3.47. The maximum Gasteiger partial charge on any atom is 0.251 e. The van der Waals surface area contributed by atoms with Gasteiger partial charge in [-0.3, -0.25) is 4.79 Å². The second-order valence-electron chi connectivity index (χ2n) is 7.72. The average molecular weight is 434 g/mol. The van der Waals surface area contributed by atoms with Crippen LogP contribution in [0.5, 0.6) is 17.2 Å². The largest absolute Gasteiger partial charge is 0.497 e. The van der Waals surface area contributed by atoms with Gasteiger partial charge in [0.1, 0.15) is 23.9 Å². The van der Waals surface area contributed by atoms with Crippen molar-refractivity contribution in [1.29, 1.82) is 0 Å². The Kier molecular flexibility index (Phi) is 8.14. The molecule has 0 aliphatic carbocycles. The fourth-order valence-corrected chi connectivity index (χ4v) is 3.52. The van der Waals surface area contributed by atoms with Gasteiger partial charge in [-0.05, 0) is 86.3 Å². The summed E-state index contributed by atoms with van der Waals surface area (Å²) in [6.07, 6.45) is 0.745. The molecule has 1 amide bonds. The van der Waals surface area contributed by atoms with Crippen LogP contribution in [0.25, 0.3) is 0 Å². The molecule has 0 fully saturated rings. The summed E-state index contributed by atoms with van der Waals surface area (Å²) in [4.78, 5) is 12.7. The summed E-state index contributed by atoms with van der Waals surface area (Å²) < 4.78 is 16.9. The van der Waals surface area contributed by atoms with Crippen molar-refractivity contribution in [2.24, 2.45) is 0 Å². The van der Waals surface area contributed by atoms with Crippen LogP contribution in [-0.2, 0) is 13.0 Å². The second-order valence-corrected chi connectivity index (χ2v) is 7.72. The van der Waals surface area contributed by atoms with Gasteiger partial charge in [0.15, 0.2) is 0 Å². The van der Waals surface area contributed by atoms with Crippen LogP contribution < -0.4 is 19.5 Å². The molecule has 0 heterocycles. The summed E-state index contributed by atoms with van der Waals surface area (Å²) in [5.41, 5.74) is 4.86. The molecule has 0 bridgehead atoms. The van der Waals surface area contributed by atoms with E-state index in [0.29, 0.717) is 25.3 Å². The van der Waals surface area contributed by atoms with Crippen LogP contribution in [0.4, 0.5) is 0 Å². The lowest BCUT2D eigenvalue weighted by Gasteiger charge is -2.14. The number of methoxy groups -OCH3 is 1. The molecule has 0 aliphatic rings. The van der Waals surface area contributed by atoms with Crippen molar-refractivity contribution in [2.45, 2.75) is 33.8 Å². The van der Waals surface area contributed by atoms with Gasteiger partial charge >= 0.3 is 0 Å². The van der Waals surface area contributed by atoms with Gasteiger partial charge in [-0.15, -0.1) is 0 Å². The first-order valence-electron chi connectivity index (χ1n) is 10.9. The highest BCUT2D eigenvalue weighted by Crippen LogP contribution is 2.24. The normalized spacial score (nSPS) is 10.5. The Morgan fingerprint density at radius 3 is 2.25 bits per heavy atom. The molecular weight excluding hydrogens is 402 g/mol. The molecule has 1 N–H and O–H groups in total. The SMILES string of the molecule is CCOc1ccc(C(=O)NCCc2ccc(OC)cc2)cc1COc1cc(C)cc(C)c1. The molecule has 5 heteroatoms. The van der Waals surface area contributed by atoms with E-state index in [1.165, 1.54) is 0 Å². The molecule has 0 saturated carbocycles. The number of hydrogen-bond acceptors (Lipinski definition) is 4. The summed E-state index contributed by atoms with van der Waals surface area (Å²) in [6.45, 7) is 7.45. The molecule has 0 spiro atoms. The molecule has 0 aromatic heterocycles. The Labute approximate surface area is 190 Å². The third-order valence-corrected chi connectivity index (χ3v) is 5.07. The minimum Gasteiger partial charge on any atom is -0.497 e. The van der Waals surface area contributed by atoms with Crippen LogP contribution in [0.3, 0.4) is 0 Å². The molecule has 168 valence electrons. The molecule has 0 atom stereocenters. The van der Waals surface area contributed by atoms with Crippen molar-refractivity contribution < 1.29 is 19.0 Å². The summed E-state index contributed by atoms with van der Waals surface area (Å²) in [7, 11) is 1.65. The predicted molar refractivity (Wildman–Crippen MR) is 127 cm³/mol. The molecule has 3 aromatic carbocycles. The van der Waals surface area contributed by atoms with Gasteiger partial charge in [0.05, 0.1) is 13.7 Å². The van der Waals surface area contributed by atoms with Crippen molar-refractivity contribution in [2.75, 3.05) is 20.3 Å². The number of nitrogens with one attached hydrogen (secondary N) is 1. The van der Waals surface area contributed by atoms with E-state index in [0.717, 1.165) is 45.9 Å². The Morgan fingerprint density at radius 2 is 1.59 bits per heavy atom. The van der Waals surface area contributed by atoms with Gasteiger partial charge < -0.3 is 19.5 Å². The summed E-state index contributed by atoms with van der Waals surface area (Å²) in [5.74, 6) is 2.24. The Bertz CT molecular complexity index is 1020. The molecule has 5 nitrogen and oxygen atoms in total. The first-order valence-corrected chi connectivity index (χ1v) is 10.9. The fourth-order valence-electron chi connectivity index (χ4n) is 3.52. The third kappa shape index (κ3) is 6.51. The summed E-state index contributed by atoms with van der Waals surface area (Å²) >= 11 is 0. The van der Waals surface area contributed by atoms with Gasteiger partial charge in [-0.2, -0.15) is 0 Å². The quantitative estimate of drug-likeness (QED) is 0.474. The van der Waals surface area contributed by atoms with E-state index < -0.39 is 0 Å². The van der Waals surface area contributed by atoms with E-state index in [1.807, 2.05) is 69.3 Å². The molecule has 32 heavy (non-hydrogen) atoms. The number of rotatable bonds is 10. The van der Waals surface area contributed by atoms with Crippen LogP contribution >= 0.6 is 0 Å². The number of amides is 1. The van der Waals surface area contributed by atoms with Crippen molar-refractivity contribution >= 4 is 5.91 Å². The number of carbonyl (C=O) groups is 1. The van der Waals surface area contributed by atoms with Gasteiger partial charge in [0, 0.05) is 17.7 Å². The number of ether oxygens (including phenoxy) is 3. The number of hydrogen-bond donors (Lipinski definition) is 1. The van der Waals surface area contributed by atoms with Gasteiger partial charge in [0.25, 0.3) is 5.91 Å². The first-order chi connectivity index (χ1) is 15.5. The first kappa shape index (κ1) is 23.2. The standard InChI is InChI=1S/C27H31NO4/c1-5-31-26-11-8-22(17-23(26)18-32-25-15-19(2)14-20(3)16-25)27(29)28-13-12-21-6-9-24(30-4)10-7-21/h6-11,14-17H,5,12-13,18H2,1-4H3,(H,28,29). The highest BCUT2D eigenvalue weighted by atomic mass is 16.5. The third-order valence-electron chi connectivity index (χ3n) is 5.07. The minimum absolute atomic E-state index is 0.116. The lowest BCUT2D eigenvalue weighted by molar-refractivity contribution is 0.0954. The highest BCUT2D eigenvalue weighted by Gasteiger charge is 2.12. The Balaban J connectivity index is 1.64. The van der Waals surface area contributed by atoms with E-state index in [1.54, 1.807) is 13.2 Å². The monoisotopic (exact) mass is 433 g/mol. The van der Waals surface area contributed by atoms with Crippen LogP contribution in [0, 0.1) is 13.8 Å². The molecular formula is C27H31NO4. The average Bonchev–Trinajstić information content (AvgIpc) is 2.78. The van der Waals surface area contributed by atoms with Gasteiger partial charge in [-0.1, -0.05) is 18.2 Å². The molecule has 3 rings (SSSR count). The Morgan fingerprint density at radius 1 is 0.875 bits per heavy atom. The van der Waals surface area contributed by atoms with E-state index in [-0.39, 0.29) is 5.91 Å². The zero-order valence-electron chi connectivity index (χ0n) is 19.2. The van der Waals surface area contributed by atoms with Crippen LogP contribution in [0.15, 0.2) is 60.7 Å². The van der Waals surface area contributed by atoms with E-state index in [2.05, 4.69) is 11.4 Å². The number of carbonyl (C=O) groups excluding carboxylic acids is 1. The van der Waals surface area contributed by atoms with E-state index >= 15 is 0 Å². The second kappa shape index (κ2) is 11.2. The lowest BCUT2D eigenvalue weighted by atomic mass is 10.1. The maximum absolute atomic E-state index is 12.7. The lowest BCUT2D eigenvalue weighted by Crippen LogP contribution is -2.25. The zero-order chi connectivity index (χ0) is 22.9. The number of benzene rings is 3. The van der Waals surface area contributed by atoms with Crippen LogP contribution in [0.2, 0.25) is 0 Å². The van der Waals surface area contributed by atoms with Crippen molar-refractivity contribution in [3.63, 3.8) is 0 Å². The van der Waals surface area contributed by atoms with Crippen LogP contribution in [-0.4, -0.2) is 26.2 Å². The van der Waals surface area contributed by atoms with Crippen LogP contribution in [0.1, 0.15) is 39.5 Å². The van der Waals surface area contributed by atoms with E-state index in [4.69, 9.17) is 14.2 Å². The smallest absolute Gasteiger partial charge is 0.251 e. The molecule has 3 aromatic rings. The molecule has 0 aliphatic heterocycles. The van der Waals surface area contributed by atoms with Crippen molar-refractivity contribution in [3.8, 4) is 17.2 Å². The fraction of sp³-hybridized carbons (Fsp3) is 0.296. The minimum atomic E-state index is -0.116. The van der Waals surface area contributed by atoms with Gasteiger partial charge in [0.2, 0.25) is 0 Å². The summed E-state index contributed by atoms with van der Waals surface area (Å²) in [6, 6.07) is 19.4. The molecule has 0 radical (unpaired) electrons. The topological polar surface area (TPSA) is 56.8 Å². The zero-order valence-corrected chi connectivity index (χ0v) is 19.2. The van der Waals surface area contributed by atoms with Crippen molar-refractivity contribution in [1.82, 2.24) is 5.32 Å². The van der Waals surface area contributed by atoms with Crippen molar-refractivity contribution in [3.05, 3.63) is 88.5 Å². The predicted octanol–water partition coefficient (Wildman–Crippen LogP) is 5.26. The van der Waals surface area contributed by atoms with Gasteiger partial charge in [-0.25, -0.2) is 0 Å². The maximum atomic E-state index is 12.7. The molecule has 0 unspecified atom stereocenters. The highest BCUT2D eigenvalue weighted by molar-refractivity contribution is 5.94. The summed E-state index contributed by atoms with van der Waals surface area (Å²) in [5, 5.41) is 2.99. The molecule has 0 saturated heterocycles. The van der Waals surface area contributed by atoms with E-state index in [9.17, 15) is 4.79 Å². The number of aryl methyl sites for hydroxylation is 2.